The number of amides is 1. The fraction of sp³-hybridized carbons (Fsp3) is 0.923. The molecule has 94 valence electrons. The quantitative estimate of drug-likeness (QED) is 0.517. The molecule has 0 bridgehead atoms. The minimum Gasteiger partial charge on any atom is -0.342 e. The second-order valence-corrected chi connectivity index (χ2v) is 6.04. The van der Waals surface area contributed by atoms with E-state index in [9.17, 15) is 4.79 Å². The largest absolute Gasteiger partial charge is 0.342 e. The SMILES string of the molecule is CCCCCCCCC(=O)N1CCC(Br)C1. The van der Waals surface area contributed by atoms with E-state index in [1.54, 1.807) is 0 Å². The summed E-state index contributed by atoms with van der Waals surface area (Å²) in [7, 11) is 0. The van der Waals surface area contributed by atoms with Crippen LogP contribution in [0.3, 0.4) is 0 Å². The number of carbonyl (C=O) groups excluding carboxylic acids is 1. The first kappa shape index (κ1) is 14.0. The Balaban J connectivity index is 1.98. The number of hydrogen-bond donors (Lipinski definition) is 0. The minimum absolute atomic E-state index is 0.359. The Morgan fingerprint density at radius 3 is 2.56 bits per heavy atom. The van der Waals surface area contributed by atoms with E-state index in [0.717, 1.165) is 32.4 Å². The molecule has 0 saturated carbocycles. The van der Waals surface area contributed by atoms with Crippen LogP contribution in [-0.4, -0.2) is 28.7 Å². The third kappa shape index (κ3) is 5.33. The van der Waals surface area contributed by atoms with Crippen LogP contribution in [-0.2, 0) is 4.79 Å². The average molecular weight is 290 g/mol. The number of likely N-dealkylation sites (tertiary alicyclic amines) is 1. The van der Waals surface area contributed by atoms with Crippen molar-refractivity contribution in [1.29, 1.82) is 0 Å². The fourth-order valence-corrected chi connectivity index (χ4v) is 2.71. The van der Waals surface area contributed by atoms with Crippen LogP contribution >= 0.6 is 15.9 Å². The summed E-state index contributed by atoms with van der Waals surface area (Å²) in [6.45, 7) is 4.09. The van der Waals surface area contributed by atoms with Crippen molar-refractivity contribution in [2.24, 2.45) is 0 Å². The number of unbranched alkanes of at least 4 members (excludes halogenated alkanes) is 5. The molecule has 1 unspecified atom stereocenters. The Hall–Kier alpha value is -0.0500. The molecule has 0 aromatic rings. The van der Waals surface area contributed by atoms with Crippen molar-refractivity contribution < 1.29 is 4.79 Å². The average Bonchev–Trinajstić information content (AvgIpc) is 2.70. The Morgan fingerprint density at radius 1 is 1.25 bits per heavy atom. The number of hydrogen-bond acceptors (Lipinski definition) is 1. The number of alkyl halides is 1. The molecule has 1 rings (SSSR count). The van der Waals surface area contributed by atoms with Gasteiger partial charge in [-0.15, -0.1) is 0 Å². The van der Waals surface area contributed by atoms with Gasteiger partial charge in [-0.3, -0.25) is 4.79 Å². The Bertz CT molecular complexity index is 208. The molecule has 1 aliphatic rings. The van der Waals surface area contributed by atoms with Gasteiger partial charge in [-0.2, -0.15) is 0 Å². The first-order chi connectivity index (χ1) is 7.74. The van der Waals surface area contributed by atoms with Gasteiger partial charge in [-0.25, -0.2) is 0 Å². The van der Waals surface area contributed by atoms with Crippen LogP contribution in [0.5, 0.6) is 0 Å². The number of halogens is 1. The van der Waals surface area contributed by atoms with Crippen molar-refractivity contribution in [3.8, 4) is 0 Å². The third-order valence-corrected chi connectivity index (χ3v) is 3.98. The molecule has 16 heavy (non-hydrogen) atoms. The smallest absolute Gasteiger partial charge is 0.222 e. The molecule has 1 atom stereocenters. The van der Waals surface area contributed by atoms with Crippen LogP contribution in [0.15, 0.2) is 0 Å². The topological polar surface area (TPSA) is 20.3 Å². The summed E-state index contributed by atoms with van der Waals surface area (Å²) < 4.78 is 0. The van der Waals surface area contributed by atoms with E-state index in [-0.39, 0.29) is 0 Å². The van der Waals surface area contributed by atoms with Gasteiger partial charge in [0.1, 0.15) is 0 Å². The molecule has 2 nitrogen and oxygen atoms in total. The predicted octanol–water partition coefficient (Wildman–Crippen LogP) is 3.73. The zero-order chi connectivity index (χ0) is 11.8. The summed E-state index contributed by atoms with van der Waals surface area (Å²) in [5.74, 6) is 0.359. The van der Waals surface area contributed by atoms with Gasteiger partial charge in [0.2, 0.25) is 5.91 Å². The number of nitrogens with zero attached hydrogens (tertiary/aromatic N) is 1. The van der Waals surface area contributed by atoms with E-state index in [0.29, 0.717) is 10.7 Å². The fourth-order valence-electron chi connectivity index (χ4n) is 2.16. The minimum atomic E-state index is 0.359. The molecule has 1 amide bonds. The maximum absolute atomic E-state index is 11.8. The number of rotatable bonds is 7. The Kier molecular flexibility index (Phi) is 7.10. The van der Waals surface area contributed by atoms with Gasteiger partial charge < -0.3 is 4.90 Å². The van der Waals surface area contributed by atoms with Crippen molar-refractivity contribution >= 4 is 21.8 Å². The first-order valence-electron chi connectivity index (χ1n) is 6.66. The molecule has 1 aliphatic heterocycles. The third-order valence-electron chi connectivity index (χ3n) is 3.23. The molecule has 0 radical (unpaired) electrons. The lowest BCUT2D eigenvalue weighted by Crippen LogP contribution is -2.28. The molecule has 1 saturated heterocycles. The van der Waals surface area contributed by atoms with Crippen LogP contribution < -0.4 is 0 Å². The van der Waals surface area contributed by atoms with Gasteiger partial charge in [-0.1, -0.05) is 55.0 Å². The van der Waals surface area contributed by atoms with Gasteiger partial charge in [0.05, 0.1) is 0 Å². The molecule has 0 spiro atoms. The van der Waals surface area contributed by atoms with Crippen LogP contribution in [0.4, 0.5) is 0 Å². The van der Waals surface area contributed by atoms with Crippen molar-refractivity contribution in [1.82, 2.24) is 4.90 Å². The molecule has 1 heterocycles. The van der Waals surface area contributed by atoms with Crippen LogP contribution in [0.1, 0.15) is 58.3 Å². The zero-order valence-corrected chi connectivity index (χ0v) is 12.0. The van der Waals surface area contributed by atoms with E-state index < -0.39 is 0 Å². The Morgan fingerprint density at radius 2 is 1.94 bits per heavy atom. The molecule has 1 fully saturated rings. The molecule has 3 heteroatoms. The van der Waals surface area contributed by atoms with Crippen molar-refractivity contribution in [2.75, 3.05) is 13.1 Å². The highest BCUT2D eigenvalue weighted by Gasteiger charge is 2.23. The van der Waals surface area contributed by atoms with Gasteiger partial charge in [0.15, 0.2) is 0 Å². The van der Waals surface area contributed by atoms with E-state index in [2.05, 4.69) is 22.9 Å². The summed E-state index contributed by atoms with van der Waals surface area (Å²) in [5.41, 5.74) is 0. The highest BCUT2D eigenvalue weighted by atomic mass is 79.9. The van der Waals surface area contributed by atoms with Gasteiger partial charge in [-0.05, 0) is 12.8 Å². The highest BCUT2D eigenvalue weighted by Crippen LogP contribution is 2.18. The molecular weight excluding hydrogens is 266 g/mol. The Labute approximate surface area is 108 Å². The maximum atomic E-state index is 11.8. The molecular formula is C13H24BrNO. The van der Waals surface area contributed by atoms with E-state index in [4.69, 9.17) is 0 Å². The molecule has 0 aromatic heterocycles. The maximum Gasteiger partial charge on any atom is 0.222 e. The normalized spacial score (nSPS) is 20.4. The monoisotopic (exact) mass is 289 g/mol. The number of carbonyl (C=O) groups is 1. The second-order valence-electron chi connectivity index (χ2n) is 4.74. The zero-order valence-electron chi connectivity index (χ0n) is 10.4. The summed E-state index contributed by atoms with van der Waals surface area (Å²) >= 11 is 3.56. The van der Waals surface area contributed by atoms with Crippen LogP contribution in [0.25, 0.3) is 0 Å². The van der Waals surface area contributed by atoms with Crippen molar-refractivity contribution in [2.45, 2.75) is 63.1 Å². The molecule has 0 N–H and O–H groups in total. The second kappa shape index (κ2) is 8.10. The molecule has 0 aromatic carbocycles. The lowest BCUT2D eigenvalue weighted by molar-refractivity contribution is -0.130. The van der Waals surface area contributed by atoms with Crippen molar-refractivity contribution in [3.05, 3.63) is 0 Å². The lowest BCUT2D eigenvalue weighted by Gasteiger charge is -2.15. The summed E-state index contributed by atoms with van der Waals surface area (Å²) in [4.78, 5) is 14.3. The van der Waals surface area contributed by atoms with Crippen molar-refractivity contribution in [3.63, 3.8) is 0 Å². The molecule has 0 aliphatic carbocycles. The first-order valence-corrected chi connectivity index (χ1v) is 7.57. The van der Waals surface area contributed by atoms with Gasteiger partial charge >= 0.3 is 0 Å². The van der Waals surface area contributed by atoms with E-state index in [1.165, 1.54) is 32.1 Å². The summed E-state index contributed by atoms with van der Waals surface area (Å²) in [6.07, 6.45) is 9.42. The highest BCUT2D eigenvalue weighted by molar-refractivity contribution is 9.09. The van der Waals surface area contributed by atoms with E-state index in [1.807, 2.05) is 4.90 Å². The standard InChI is InChI=1S/C13H24BrNO/c1-2-3-4-5-6-7-8-13(16)15-10-9-12(14)11-15/h12H,2-11H2,1H3. The van der Waals surface area contributed by atoms with Crippen LogP contribution in [0.2, 0.25) is 0 Å². The van der Waals surface area contributed by atoms with E-state index >= 15 is 0 Å². The summed E-state index contributed by atoms with van der Waals surface area (Å²) in [5, 5.41) is 0. The van der Waals surface area contributed by atoms with Crippen LogP contribution in [0, 0.1) is 0 Å². The van der Waals surface area contributed by atoms with Gasteiger partial charge in [0.25, 0.3) is 0 Å². The predicted molar refractivity (Wildman–Crippen MR) is 71.9 cm³/mol. The summed E-state index contributed by atoms with van der Waals surface area (Å²) in [6, 6.07) is 0. The van der Waals surface area contributed by atoms with Gasteiger partial charge in [0, 0.05) is 24.3 Å². The lowest BCUT2D eigenvalue weighted by atomic mass is 10.1.